The predicted molar refractivity (Wildman–Crippen MR) is 149 cm³/mol. The van der Waals surface area contributed by atoms with E-state index < -0.39 is 24.1 Å². The summed E-state index contributed by atoms with van der Waals surface area (Å²) in [6.07, 6.45) is -1.69. The Kier molecular flexibility index (Phi) is 9.94. The van der Waals surface area contributed by atoms with Crippen LogP contribution in [0.2, 0.25) is 0 Å². The third-order valence-electron chi connectivity index (χ3n) is 6.65. The number of aliphatic hydroxyl groups is 1. The van der Waals surface area contributed by atoms with Crippen LogP contribution in [0, 0.1) is 5.92 Å². The molecular weight excluding hydrogens is 534 g/mol. The molecule has 210 valence electrons. The lowest BCUT2D eigenvalue weighted by Gasteiger charge is -2.41. The summed E-state index contributed by atoms with van der Waals surface area (Å²) in [6, 6.07) is 21.4. The molecule has 1 aliphatic rings. The van der Waals surface area contributed by atoms with E-state index in [1.807, 2.05) is 30.3 Å². The van der Waals surface area contributed by atoms with E-state index in [2.05, 4.69) is 12.2 Å². The third kappa shape index (κ3) is 7.70. The van der Waals surface area contributed by atoms with Gasteiger partial charge in [-0.1, -0.05) is 43.3 Å². The van der Waals surface area contributed by atoms with Crippen molar-refractivity contribution in [2.45, 2.75) is 49.8 Å². The van der Waals surface area contributed by atoms with E-state index in [9.17, 15) is 19.5 Å². The Morgan fingerprint density at radius 3 is 2.27 bits per heavy atom. The van der Waals surface area contributed by atoms with Crippen LogP contribution in [0.1, 0.15) is 59.2 Å². The highest BCUT2D eigenvalue weighted by Gasteiger charge is 2.38. The van der Waals surface area contributed by atoms with Crippen LogP contribution < -0.4 is 5.32 Å². The minimum Gasteiger partial charge on any atom is -0.481 e. The molecule has 0 aliphatic carbocycles. The van der Waals surface area contributed by atoms with Crippen molar-refractivity contribution in [3.05, 3.63) is 95.1 Å². The second-order valence-corrected chi connectivity index (χ2v) is 10.6. The van der Waals surface area contributed by atoms with E-state index in [0.29, 0.717) is 17.0 Å². The van der Waals surface area contributed by atoms with Gasteiger partial charge in [-0.15, -0.1) is 11.8 Å². The smallest absolute Gasteiger partial charge is 0.335 e. The molecular formula is C30H31NO8S. The molecule has 4 rings (SSSR count). The number of carboxylic acids is 2. The van der Waals surface area contributed by atoms with Crippen LogP contribution in [-0.4, -0.2) is 45.0 Å². The van der Waals surface area contributed by atoms with Crippen molar-refractivity contribution >= 4 is 35.3 Å². The van der Waals surface area contributed by atoms with Crippen molar-refractivity contribution in [2.75, 3.05) is 11.1 Å². The number of carboxylic acid groups (broad SMARTS) is 2. The molecule has 10 heteroatoms. The van der Waals surface area contributed by atoms with Gasteiger partial charge in [0.25, 0.3) is 0 Å². The molecule has 3 aromatic rings. The number of anilines is 1. The maximum atomic E-state index is 12.2. The number of rotatable bonds is 11. The second kappa shape index (κ2) is 13.6. The maximum Gasteiger partial charge on any atom is 0.335 e. The van der Waals surface area contributed by atoms with Crippen LogP contribution in [0.3, 0.4) is 0 Å². The fraction of sp³-hybridized carbons (Fsp3) is 0.300. The van der Waals surface area contributed by atoms with Crippen LogP contribution in [0.25, 0.3) is 0 Å². The van der Waals surface area contributed by atoms with Crippen LogP contribution in [-0.2, 0) is 25.7 Å². The number of thioether (sulfide) groups is 1. The number of hydrogen-bond acceptors (Lipinski definition) is 7. The molecule has 4 unspecified atom stereocenters. The molecule has 0 spiro atoms. The van der Waals surface area contributed by atoms with Gasteiger partial charge in [0.05, 0.1) is 30.8 Å². The average molecular weight is 566 g/mol. The number of aliphatic hydroxyl groups excluding tert-OH is 1. The summed E-state index contributed by atoms with van der Waals surface area (Å²) < 4.78 is 12.9. The zero-order valence-corrected chi connectivity index (χ0v) is 22.7. The zero-order valence-electron chi connectivity index (χ0n) is 21.9. The number of carbonyl (C=O) groups is 3. The van der Waals surface area contributed by atoms with Gasteiger partial charge >= 0.3 is 11.9 Å². The molecule has 9 nitrogen and oxygen atoms in total. The Labute approximate surface area is 236 Å². The first kappa shape index (κ1) is 29.3. The van der Waals surface area contributed by atoms with Crippen molar-refractivity contribution in [3.8, 4) is 0 Å². The van der Waals surface area contributed by atoms with Crippen LogP contribution >= 0.6 is 11.8 Å². The average Bonchev–Trinajstić information content (AvgIpc) is 2.96. The summed E-state index contributed by atoms with van der Waals surface area (Å²) in [7, 11) is 0. The fourth-order valence-corrected chi connectivity index (χ4v) is 5.46. The van der Waals surface area contributed by atoms with Gasteiger partial charge in [0.15, 0.2) is 6.29 Å². The quantitative estimate of drug-likeness (QED) is 0.229. The minimum absolute atomic E-state index is 0.0408. The lowest BCUT2D eigenvalue weighted by Crippen LogP contribution is -2.38. The van der Waals surface area contributed by atoms with Crippen molar-refractivity contribution < 1.29 is 39.2 Å². The van der Waals surface area contributed by atoms with Crippen LogP contribution in [0.4, 0.5) is 5.69 Å². The molecule has 1 heterocycles. The van der Waals surface area contributed by atoms with E-state index in [0.717, 1.165) is 16.0 Å². The van der Waals surface area contributed by atoms with Gasteiger partial charge in [-0.2, -0.15) is 0 Å². The predicted octanol–water partition coefficient (Wildman–Crippen LogP) is 5.26. The van der Waals surface area contributed by atoms with Gasteiger partial charge in [-0.3, -0.25) is 9.59 Å². The van der Waals surface area contributed by atoms with Gasteiger partial charge in [0.2, 0.25) is 5.91 Å². The van der Waals surface area contributed by atoms with Crippen molar-refractivity contribution in [3.63, 3.8) is 0 Å². The number of carbonyl (C=O) groups excluding carboxylic acids is 1. The van der Waals surface area contributed by atoms with E-state index >= 15 is 0 Å². The van der Waals surface area contributed by atoms with Crippen molar-refractivity contribution in [2.24, 2.45) is 5.92 Å². The molecule has 1 fully saturated rings. The first-order valence-corrected chi connectivity index (χ1v) is 13.8. The highest BCUT2D eigenvalue weighted by molar-refractivity contribution is 7.99. The lowest BCUT2D eigenvalue weighted by atomic mass is 9.91. The molecule has 0 saturated carbocycles. The van der Waals surface area contributed by atoms with Gasteiger partial charge in [0, 0.05) is 34.2 Å². The van der Waals surface area contributed by atoms with Gasteiger partial charge in [0.1, 0.15) is 0 Å². The Morgan fingerprint density at radius 1 is 0.900 bits per heavy atom. The normalized spacial score (nSPS) is 20.6. The highest BCUT2D eigenvalue weighted by atomic mass is 32.2. The SMILES string of the molecule is CC1C(CSc2ccc(C(=O)O)cc2)OC(c2cccc(NC(=O)CCC(=O)O)c2)OC1c1ccc(CO)cc1. The van der Waals surface area contributed by atoms with Crippen LogP contribution in [0.5, 0.6) is 0 Å². The molecule has 4 N–H and O–H groups in total. The number of aliphatic carboxylic acids is 1. The topological polar surface area (TPSA) is 142 Å². The van der Waals surface area contributed by atoms with Crippen molar-refractivity contribution in [1.29, 1.82) is 0 Å². The minimum atomic E-state index is -1.04. The summed E-state index contributed by atoms with van der Waals surface area (Å²) in [5, 5.41) is 30.2. The fourth-order valence-electron chi connectivity index (χ4n) is 4.39. The van der Waals surface area contributed by atoms with E-state index in [1.54, 1.807) is 54.2 Å². The second-order valence-electron chi connectivity index (χ2n) is 9.53. The number of hydrogen-bond donors (Lipinski definition) is 4. The molecule has 1 saturated heterocycles. The Morgan fingerprint density at radius 2 is 1.62 bits per heavy atom. The number of aromatic carboxylic acids is 1. The number of nitrogens with one attached hydrogen (secondary N) is 1. The molecule has 0 radical (unpaired) electrons. The third-order valence-corrected chi connectivity index (χ3v) is 7.75. The number of ether oxygens (including phenoxy) is 2. The van der Waals surface area contributed by atoms with E-state index in [1.165, 1.54) is 0 Å². The molecule has 1 aliphatic heterocycles. The lowest BCUT2D eigenvalue weighted by molar-refractivity contribution is -0.268. The Bertz CT molecular complexity index is 1330. The first-order valence-electron chi connectivity index (χ1n) is 12.8. The largest absolute Gasteiger partial charge is 0.481 e. The highest BCUT2D eigenvalue weighted by Crippen LogP contribution is 2.43. The number of benzene rings is 3. The molecule has 4 atom stereocenters. The molecule has 0 bridgehead atoms. The van der Waals surface area contributed by atoms with Crippen LogP contribution in [0.15, 0.2) is 77.7 Å². The molecule has 40 heavy (non-hydrogen) atoms. The Hall–Kier alpha value is -3.70. The standard InChI is InChI=1S/C30H31NO8S/c1-18-25(17-40-24-11-9-21(10-12-24)29(36)37)38-30(39-28(18)20-7-5-19(16-32)6-8-20)22-3-2-4-23(15-22)31-26(33)13-14-27(34)35/h2-12,15,18,25,28,30,32H,13-14,16-17H2,1H3,(H,31,33)(H,34,35)(H,36,37). The summed E-state index contributed by atoms with van der Waals surface area (Å²) in [5.41, 5.74) is 3.16. The maximum absolute atomic E-state index is 12.2. The Balaban J connectivity index is 1.54. The summed E-state index contributed by atoms with van der Waals surface area (Å²) >= 11 is 1.56. The monoisotopic (exact) mass is 565 g/mol. The van der Waals surface area contributed by atoms with Gasteiger partial charge < -0.3 is 30.1 Å². The van der Waals surface area contributed by atoms with E-state index in [4.69, 9.17) is 19.7 Å². The van der Waals surface area contributed by atoms with Gasteiger partial charge in [-0.25, -0.2) is 4.79 Å². The molecule has 0 aromatic heterocycles. The van der Waals surface area contributed by atoms with E-state index in [-0.39, 0.29) is 43.1 Å². The van der Waals surface area contributed by atoms with Crippen molar-refractivity contribution in [1.82, 2.24) is 0 Å². The first-order chi connectivity index (χ1) is 19.2. The summed E-state index contributed by atoms with van der Waals surface area (Å²) in [4.78, 5) is 35.1. The summed E-state index contributed by atoms with van der Waals surface area (Å²) in [6.45, 7) is 2.00. The van der Waals surface area contributed by atoms with Gasteiger partial charge in [-0.05, 0) is 47.5 Å². The zero-order chi connectivity index (χ0) is 28.6. The summed E-state index contributed by atoms with van der Waals surface area (Å²) in [5.74, 6) is -1.87. The molecule has 3 aromatic carbocycles. The molecule has 1 amide bonds. The number of amides is 1.